The third kappa shape index (κ3) is 8.20. The molecule has 0 aliphatic carbocycles. The molecule has 10 nitrogen and oxygen atoms in total. The van der Waals surface area contributed by atoms with Crippen molar-refractivity contribution in [3.8, 4) is 45.8 Å². The lowest BCUT2D eigenvalue weighted by Gasteiger charge is -2.07. The summed E-state index contributed by atoms with van der Waals surface area (Å²) in [6, 6.07) is 39.6. The van der Waals surface area contributed by atoms with Gasteiger partial charge in [-0.15, -0.1) is 0 Å². The first-order chi connectivity index (χ1) is 26.2. The zero-order valence-electron chi connectivity index (χ0n) is 28.5. The third-order valence-corrected chi connectivity index (χ3v) is 8.73. The van der Waals surface area contributed by atoms with E-state index >= 15 is 0 Å². The monoisotopic (exact) mass is 756 g/mol. The molecule has 0 fully saturated rings. The van der Waals surface area contributed by atoms with Gasteiger partial charge in [0.2, 0.25) is 0 Å². The van der Waals surface area contributed by atoms with Crippen molar-refractivity contribution in [2.45, 2.75) is 6.92 Å². The molecule has 0 atom stereocenters. The van der Waals surface area contributed by atoms with Gasteiger partial charge >= 0.3 is 11.9 Å². The Morgan fingerprint density at radius 2 is 1.06 bits per heavy atom. The Hall–Kier alpha value is -6.62. The van der Waals surface area contributed by atoms with Crippen molar-refractivity contribution in [2.75, 3.05) is 6.61 Å². The Morgan fingerprint density at radius 3 is 1.50 bits per heavy atom. The lowest BCUT2D eigenvalue weighted by atomic mass is 10.2. The lowest BCUT2D eigenvalue weighted by Crippen LogP contribution is -2.04. The molecule has 12 heteroatoms. The third-order valence-electron chi connectivity index (χ3n) is 8.11. The smallest absolute Gasteiger partial charge is 0.338 e. The molecule has 0 spiro atoms. The highest BCUT2D eigenvalue weighted by Crippen LogP contribution is 2.32. The number of carbonyl (C=O) groups is 2. The van der Waals surface area contributed by atoms with Gasteiger partial charge in [-0.25, -0.2) is 19.6 Å². The van der Waals surface area contributed by atoms with Crippen molar-refractivity contribution in [3.63, 3.8) is 0 Å². The average Bonchev–Trinajstić information content (AvgIpc) is 3.82. The minimum atomic E-state index is -0.968. The zero-order chi connectivity index (χ0) is 37.6. The van der Waals surface area contributed by atoms with E-state index in [9.17, 15) is 9.59 Å². The Kier molecular flexibility index (Phi) is 10.6. The number of hydrogen-bond acceptors (Lipinski definition) is 7. The van der Waals surface area contributed by atoms with Crippen LogP contribution in [0.3, 0.4) is 0 Å². The van der Waals surface area contributed by atoms with Gasteiger partial charge in [0.25, 0.3) is 0 Å². The summed E-state index contributed by atoms with van der Waals surface area (Å²) < 4.78 is 16.6. The number of carboxylic acids is 1. The van der Waals surface area contributed by atoms with Crippen LogP contribution in [0.15, 0.2) is 133 Å². The number of carboxylic acid groups (broad SMARTS) is 1. The Labute approximate surface area is 318 Å². The predicted molar refractivity (Wildman–Crippen MR) is 209 cm³/mol. The maximum atomic E-state index is 11.9. The van der Waals surface area contributed by atoms with E-state index in [-0.39, 0.29) is 11.5 Å². The molecule has 2 heterocycles. The number of aromatic carboxylic acids is 1. The van der Waals surface area contributed by atoms with Crippen molar-refractivity contribution in [2.24, 2.45) is 0 Å². The molecule has 8 aromatic rings. The van der Waals surface area contributed by atoms with Crippen LogP contribution in [-0.2, 0) is 4.74 Å². The Morgan fingerprint density at radius 1 is 0.611 bits per heavy atom. The number of esters is 1. The van der Waals surface area contributed by atoms with Gasteiger partial charge in [0.05, 0.1) is 49.8 Å². The van der Waals surface area contributed by atoms with E-state index in [0.29, 0.717) is 67.9 Å². The van der Waals surface area contributed by atoms with Gasteiger partial charge in [0.1, 0.15) is 34.6 Å². The number of H-pyrrole nitrogens is 2. The largest absolute Gasteiger partial charge is 0.478 e. The number of hydrogen-bond donors (Lipinski definition) is 3. The standard InChI is InChI=1S/C22H17ClN2O3.C20H13ClN2O3/c1-2-27-22(26)15-9-12-18-19(13-15)25-21(24-18)14-7-10-16(11-8-14)28-20-6-4-3-5-17(20)23;21-15-3-1-2-4-18(15)26-14-8-5-12(6-9-14)19-22-16-10-7-13(20(24)25)11-17(16)23-19/h3-13H,2H2,1H3,(H,24,25);1-11H,(H,22,23)(H,24,25). The van der Waals surface area contributed by atoms with Gasteiger partial charge in [-0.2, -0.15) is 0 Å². The number of halogens is 2. The van der Waals surface area contributed by atoms with E-state index in [1.54, 1.807) is 55.5 Å². The summed E-state index contributed by atoms with van der Waals surface area (Å²) in [7, 11) is 0. The molecule has 0 saturated carbocycles. The fraction of sp³-hybridized carbons (Fsp3) is 0.0476. The number of nitrogens with one attached hydrogen (secondary N) is 2. The Balaban J connectivity index is 0.000000167. The number of imidazole rings is 2. The molecule has 6 aromatic carbocycles. The maximum absolute atomic E-state index is 11.9. The second-order valence-electron chi connectivity index (χ2n) is 11.8. The molecule has 2 aromatic heterocycles. The molecule has 0 aliphatic heterocycles. The number of nitrogens with zero attached hydrogens (tertiary/aromatic N) is 2. The summed E-state index contributed by atoms with van der Waals surface area (Å²) in [4.78, 5) is 38.5. The van der Waals surface area contributed by atoms with Crippen LogP contribution in [0.2, 0.25) is 10.0 Å². The summed E-state index contributed by atoms with van der Waals surface area (Å²) >= 11 is 12.2. The zero-order valence-corrected chi connectivity index (χ0v) is 30.1. The van der Waals surface area contributed by atoms with E-state index in [0.717, 1.165) is 22.2 Å². The molecule has 0 bridgehead atoms. The molecule has 0 saturated heterocycles. The molecule has 0 aliphatic rings. The first kappa shape index (κ1) is 35.8. The van der Waals surface area contributed by atoms with Crippen molar-refractivity contribution in [3.05, 3.63) is 155 Å². The molecular formula is C42H30Cl2N4O6. The van der Waals surface area contributed by atoms with Gasteiger partial charge in [-0.1, -0.05) is 47.5 Å². The van der Waals surface area contributed by atoms with Crippen LogP contribution in [0, 0.1) is 0 Å². The van der Waals surface area contributed by atoms with Crippen LogP contribution >= 0.6 is 23.2 Å². The fourth-order valence-electron chi connectivity index (χ4n) is 5.44. The topological polar surface area (TPSA) is 139 Å². The van der Waals surface area contributed by atoms with Gasteiger partial charge < -0.3 is 29.3 Å². The fourth-order valence-corrected chi connectivity index (χ4v) is 5.79. The number of carbonyl (C=O) groups excluding carboxylic acids is 1. The van der Waals surface area contributed by atoms with Crippen molar-refractivity contribution >= 4 is 57.2 Å². The average molecular weight is 758 g/mol. The van der Waals surface area contributed by atoms with E-state index in [2.05, 4.69) is 19.9 Å². The van der Waals surface area contributed by atoms with Crippen molar-refractivity contribution in [1.82, 2.24) is 19.9 Å². The molecule has 3 N–H and O–H groups in total. The number of benzene rings is 6. The highest BCUT2D eigenvalue weighted by molar-refractivity contribution is 6.32. The van der Waals surface area contributed by atoms with Gasteiger partial charge in [-0.05, 0) is 116 Å². The van der Waals surface area contributed by atoms with Crippen LogP contribution in [0.1, 0.15) is 27.6 Å². The number of ether oxygens (including phenoxy) is 3. The normalized spacial score (nSPS) is 10.8. The highest BCUT2D eigenvalue weighted by atomic mass is 35.5. The number of aromatic amines is 2. The van der Waals surface area contributed by atoms with Gasteiger partial charge in [0, 0.05) is 11.1 Å². The molecule has 8 rings (SSSR count). The SMILES string of the molecule is CCOC(=O)c1ccc2nc(-c3ccc(Oc4ccccc4Cl)cc3)[nH]c2c1.O=C(O)c1ccc2nc(-c3ccc(Oc4ccccc4Cl)cc3)[nH]c2c1. The van der Waals surface area contributed by atoms with Crippen molar-refractivity contribution < 1.29 is 28.9 Å². The molecule has 0 amide bonds. The minimum Gasteiger partial charge on any atom is -0.478 e. The second kappa shape index (κ2) is 16.0. The summed E-state index contributed by atoms with van der Waals surface area (Å²) in [6.45, 7) is 2.12. The number of fused-ring (bicyclic) bond motifs is 2. The summed E-state index contributed by atoms with van der Waals surface area (Å²) in [5.41, 5.74) is 5.42. The first-order valence-corrected chi connectivity index (χ1v) is 17.5. The molecule has 268 valence electrons. The summed E-state index contributed by atoms with van der Waals surface area (Å²) in [5.74, 6) is 2.58. The van der Waals surface area contributed by atoms with E-state index in [1.807, 2.05) is 78.9 Å². The van der Waals surface area contributed by atoms with Gasteiger partial charge in [-0.3, -0.25) is 0 Å². The van der Waals surface area contributed by atoms with Crippen LogP contribution in [0.25, 0.3) is 44.8 Å². The van der Waals surface area contributed by atoms with E-state index in [4.69, 9.17) is 42.5 Å². The maximum Gasteiger partial charge on any atom is 0.338 e. The summed E-state index contributed by atoms with van der Waals surface area (Å²) in [5, 5.41) is 10.2. The van der Waals surface area contributed by atoms with Crippen molar-refractivity contribution in [1.29, 1.82) is 0 Å². The van der Waals surface area contributed by atoms with Crippen LogP contribution in [0.5, 0.6) is 23.0 Å². The quantitative estimate of drug-likeness (QED) is 0.124. The minimum absolute atomic E-state index is 0.219. The molecule has 0 radical (unpaired) electrons. The Bertz CT molecular complexity index is 2600. The number of rotatable bonds is 9. The lowest BCUT2D eigenvalue weighted by molar-refractivity contribution is 0.0526. The predicted octanol–water partition coefficient (Wildman–Crippen LogP) is 11.2. The molecular weight excluding hydrogens is 727 g/mol. The van der Waals surface area contributed by atoms with Gasteiger partial charge in [0.15, 0.2) is 0 Å². The number of para-hydroxylation sites is 2. The van der Waals surface area contributed by atoms with Crippen LogP contribution < -0.4 is 9.47 Å². The van der Waals surface area contributed by atoms with Crippen LogP contribution in [0.4, 0.5) is 0 Å². The molecule has 0 unspecified atom stereocenters. The number of aromatic nitrogens is 4. The summed E-state index contributed by atoms with van der Waals surface area (Å²) in [6.07, 6.45) is 0. The van der Waals surface area contributed by atoms with E-state index < -0.39 is 5.97 Å². The molecule has 54 heavy (non-hydrogen) atoms. The van der Waals surface area contributed by atoms with Crippen LogP contribution in [-0.4, -0.2) is 43.6 Å². The highest BCUT2D eigenvalue weighted by Gasteiger charge is 2.12. The van der Waals surface area contributed by atoms with E-state index in [1.165, 1.54) is 6.07 Å². The second-order valence-corrected chi connectivity index (χ2v) is 12.6. The first-order valence-electron chi connectivity index (χ1n) is 16.7.